The second-order valence-electron chi connectivity index (χ2n) is 3.91. The first-order valence-electron chi connectivity index (χ1n) is 5.62. The number of furan rings is 1. The Bertz CT molecular complexity index is 476. The van der Waals surface area contributed by atoms with Crippen LogP contribution in [0.2, 0.25) is 0 Å². The van der Waals surface area contributed by atoms with E-state index in [0.717, 1.165) is 23.7 Å². The van der Waals surface area contributed by atoms with Crippen LogP contribution < -0.4 is 11.3 Å². The quantitative estimate of drug-likeness (QED) is 0.595. The number of aromatic nitrogens is 3. The van der Waals surface area contributed by atoms with E-state index in [1.54, 1.807) is 12.6 Å². The molecule has 0 radical (unpaired) electrons. The Balaban J connectivity index is 2.15. The van der Waals surface area contributed by atoms with Gasteiger partial charge in [-0.15, -0.1) is 0 Å². The first-order chi connectivity index (χ1) is 8.24. The molecule has 0 fully saturated rings. The summed E-state index contributed by atoms with van der Waals surface area (Å²) >= 11 is 0. The van der Waals surface area contributed by atoms with Crippen LogP contribution in [0.3, 0.4) is 0 Å². The minimum atomic E-state index is -0.0121. The number of nitrogens with two attached hydrogens (primary N) is 1. The molecule has 2 aromatic heterocycles. The van der Waals surface area contributed by atoms with Crippen LogP contribution in [0.15, 0.2) is 23.1 Å². The Kier molecular flexibility index (Phi) is 3.55. The largest absolute Gasteiger partial charge is 0.469 e. The van der Waals surface area contributed by atoms with Crippen molar-refractivity contribution < 1.29 is 4.42 Å². The fraction of sp³-hybridized carbons (Fsp3) is 0.455. The van der Waals surface area contributed by atoms with E-state index in [4.69, 9.17) is 10.3 Å². The van der Waals surface area contributed by atoms with Crippen LogP contribution in [0.4, 0.5) is 0 Å². The Hall–Kier alpha value is -1.66. The van der Waals surface area contributed by atoms with Crippen molar-refractivity contribution >= 4 is 0 Å². The first kappa shape index (κ1) is 11.8. The number of hydrazine groups is 1. The summed E-state index contributed by atoms with van der Waals surface area (Å²) in [6, 6.07) is 1.96. The van der Waals surface area contributed by atoms with E-state index in [-0.39, 0.29) is 6.04 Å². The fourth-order valence-electron chi connectivity index (χ4n) is 1.81. The Morgan fingerprint density at radius 2 is 2.41 bits per heavy atom. The van der Waals surface area contributed by atoms with Gasteiger partial charge in [-0.05, 0) is 19.9 Å². The summed E-state index contributed by atoms with van der Waals surface area (Å²) in [4.78, 5) is 4.23. The highest BCUT2D eigenvalue weighted by atomic mass is 16.3. The minimum Gasteiger partial charge on any atom is -0.469 e. The number of nitrogens with zero attached hydrogens (tertiary/aromatic N) is 3. The molecule has 0 amide bonds. The van der Waals surface area contributed by atoms with Crippen molar-refractivity contribution in [3.8, 4) is 0 Å². The van der Waals surface area contributed by atoms with Gasteiger partial charge in [0.25, 0.3) is 0 Å². The lowest BCUT2D eigenvalue weighted by Crippen LogP contribution is -2.30. The maximum Gasteiger partial charge on any atom is 0.138 e. The summed E-state index contributed by atoms with van der Waals surface area (Å²) in [5.74, 6) is 7.36. The molecule has 0 saturated heterocycles. The molecule has 0 aliphatic carbocycles. The monoisotopic (exact) mass is 235 g/mol. The maximum atomic E-state index is 5.57. The van der Waals surface area contributed by atoms with E-state index in [9.17, 15) is 0 Å². The zero-order chi connectivity index (χ0) is 12.3. The lowest BCUT2D eigenvalue weighted by atomic mass is 10.1. The smallest absolute Gasteiger partial charge is 0.138 e. The van der Waals surface area contributed by atoms with Gasteiger partial charge in [0, 0.05) is 18.5 Å². The van der Waals surface area contributed by atoms with Crippen LogP contribution in [0.25, 0.3) is 0 Å². The van der Waals surface area contributed by atoms with Crippen LogP contribution in [0, 0.1) is 6.92 Å². The van der Waals surface area contributed by atoms with Gasteiger partial charge >= 0.3 is 0 Å². The van der Waals surface area contributed by atoms with Gasteiger partial charge in [0.1, 0.15) is 17.9 Å². The second-order valence-corrected chi connectivity index (χ2v) is 3.91. The Labute approximate surface area is 99.8 Å². The normalized spacial score (nSPS) is 12.9. The highest BCUT2D eigenvalue weighted by molar-refractivity contribution is 5.17. The van der Waals surface area contributed by atoms with Gasteiger partial charge in [-0.1, -0.05) is 0 Å². The van der Waals surface area contributed by atoms with Crippen LogP contribution in [0.1, 0.15) is 30.1 Å². The Morgan fingerprint density at radius 1 is 1.59 bits per heavy atom. The van der Waals surface area contributed by atoms with E-state index in [1.807, 2.05) is 24.6 Å². The average Bonchev–Trinajstić information content (AvgIpc) is 2.94. The molecule has 3 N–H and O–H groups in total. The van der Waals surface area contributed by atoms with Gasteiger partial charge in [0.05, 0.1) is 12.3 Å². The molecule has 92 valence electrons. The van der Waals surface area contributed by atoms with E-state index in [2.05, 4.69) is 15.5 Å². The van der Waals surface area contributed by atoms with E-state index in [1.165, 1.54) is 0 Å². The molecular weight excluding hydrogens is 218 g/mol. The van der Waals surface area contributed by atoms with Gasteiger partial charge in [-0.2, -0.15) is 5.10 Å². The standard InChI is InChI=1S/C11H17N5O/c1-3-16-11(13-7-14-16)5-10(15-12)9-4-8(2)17-6-9/h4,6-7,10,15H,3,5,12H2,1-2H3. The van der Waals surface area contributed by atoms with Gasteiger partial charge in [-0.3, -0.25) is 16.0 Å². The molecular formula is C11H17N5O. The average molecular weight is 235 g/mol. The lowest BCUT2D eigenvalue weighted by molar-refractivity contribution is 0.494. The van der Waals surface area contributed by atoms with Crippen molar-refractivity contribution in [2.45, 2.75) is 32.9 Å². The van der Waals surface area contributed by atoms with Crippen molar-refractivity contribution in [3.63, 3.8) is 0 Å². The highest BCUT2D eigenvalue weighted by Crippen LogP contribution is 2.19. The van der Waals surface area contributed by atoms with Crippen LogP contribution in [-0.4, -0.2) is 14.8 Å². The fourth-order valence-corrected chi connectivity index (χ4v) is 1.81. The van der Waals surface area contributed by atoms with E-state index < -0.39 is 0 Å². The summed E-state index contributed by atoms with van der Waals surface area (Å²) in [5, 5.41) is 4.13. The van der Waals surface area contributed by atoms with Crippen LogP contribution in [-0.2, 0) is 13.0 Å². The third-order valence-corrected chi connectivity index (χ3v) is 2.74. The number of hydrogen-bond donors (Lipinski definition) is 2. The van der Waals surface area contributed by atoms with Crippen molar-refractivity contribution in [2.75, 3.05) is 0 Å². The molecule has 1 unspecified atom stereocenters. The summed E-state index contributed by atoms with van der Waals surface area (Å²) in [7, 11) is 0. The number of aryl methyl sites for hydroxylation is 2. The molecule has 6 nitrogen and oxygen atoms in total. The number of hydrogen-bond acceptors (Lipinski definition) is 5. The molecule has 2 heterocycles. The summed E-state index contributed by atoms with van der Waals surface area (Å²) in [6.45, 7) is 4.74. The van der Waals surface area contributed by atoms with Crippen LogP contribution in [0.5, 0.6) is 0 Å². The SMILES string of the molecule is CCn1ncnc1CC(NN)c1coc(C)c1. The van der Waals surface area contributed by atoms with Gasteiger partial charge in [-0.25, -0.2) is 4.98 Å². The molecule has 0 spiro atoms. The molecule has 6 heteroatoms. The van der Waals surface area contributed by atoms with Gasteiger partial charge < -0.3 is 4.42 Å². The number of nitrogens with one attached hydrogen (secondary N) is 1. The lowest BCUT2D eigenvalue weighted by Gasteiger charge is -2.13. The van der Waals surface area contributed by atoms with Crippen molar-refractivity contribution in [1.29, 1.82) is 0 Å². The van der Waals surface area contributed by atoms with Crippen molar-refractivity contribution in [3.05, 3.63) is 35.8 Å². The van der Waals surface area contributed by atoms with Crippen LogP contribution >= 0.6 is 0 Å². The van der Waals surface area contributed by atoms with Gasteiger partial charge in [0.2, 0.25) is 0 Å². The first-order valence-corrected chi connectivity index (χ1v) is 5.62. The molecule has 0 saturated carbocycles. The maximum absolute atomic E-state index is 5.57. The summed E-state index contributed by atoms with van der Waals surface area (Å²) < 4.78 is 7.14. The predicted octanol–water partition coefficient (Wildman–Crippen LogP) is 0.947. The van der Waals surface area contributed by atoms with E-state index >= 15 is 0 Å². The molecule has 0 aliphatic heterocycles. The predicted molar refractivity (Wildman–Crippen MR) is 62.9 cm³/mol. The summed E-state index contributed by atoms with van der Waals surface area (Å²) in [6.07, 6.45) is 3.96. The third kappa shape index (κ3) is 2.54. The third-order valence-electron chi connectivity index (χ3n) is 2.74. The highest BCUT2D eigenvalue weighted by Gasteiger charge is 2.16. The molecule has 0 aliphatic rings. The number of rotatable bonds is 5. The zero-order valence-corrected chi connectivity index (χ0v) is 10.1. The van der Waals surface area contributed by atoms with Crippen molar-refractivity contribution in [1.82, 2.24) is 20.2 Å². The summed E-state index contributed by atoms with van der Waals surface area (Å²) in [5.41, 5.74) is 3.80. The molecule has 2 rings (SSSR count). The molecule has 1 atom stereocenters. The second kappa shape index (κ2) is 5.11. The van der Waals surface area contributed by atoms with Crippen molar-refractivity contribution in [2.24, 2.45) is 5.84 Å². The van der Waals surface area contributed by atoms with Gasteiger partial charge in [0.15, 0.2) is 0 Å². The zero-order valence-electron chi connectivity index (χ0n) is 10.1. The van der Waals surface area contributed by atoms with E-state index in [0.29, 0.717) is 6.42 Å². The Morgan fingerprint density at radius 3 is 3.00 bits per heavy atom. The minimum absolute atomic E-state index is 0.0121. The molecule has 2 aromatic rings. The molecule has 0 bridgehead atoms. The topological polar surface area (TPSA) is 81.9 Å². The molecule has 17 heavy (non-hydrogen) atoms. The molecule has 0 aromatic carbocycles.